The van der Waals surface area contributed by atoms with Crippen LogP contribution in [-0.2, 0) is 22.6 Å². The van der Waals surface area contributed by atoms with Gasteiger partial charge in [-0.15, -0.1) is 23.7 Å². The Labute approximate surface area is 183 Å². The third-order valence-corrected chi connectivity index (χ3v) is 6.30. The summed E-state index contributed by atoms with van der Waals surface area (Å²) in [5.41, 5.74) is 9.70. The molecular formula is C22H30ClN3O2S. The van der Waals surface area contributed by atoms with Gasteiger partial charge in [0.15, 0.2) is 0 Å². The molecular weight excluding hydrogens is 406 g/mol. The van der Waals surface area contributed by atoms with Gasteiger partial charge in [-0.25, -0.2) is 0 Å². The Morgan fingerprint density at radius 2 is 1.83 bits per heavy atom. The molecule has 1 atom stereocenters. The minimum atomic E-state index is -0.250. The molecule has 0 saturated carbocycles. The number of halogens is 1. The van der Waals surface area contributed by atoms with Crippen LogP contribution in [0.15, 0.2) is 35.7 Å². The summed E-state index contributed by atoms with van der Waals surface area (Å²) in [5.74, 6) is 0.394. The van der Waals surface area contributed by atoms with E-state index in [4.69, 9.17) is 5.73 Å². The molecule has 0 spiro atoms. The Balaban J connectivity index is 0.00000300. The fourth-order valence-electron chi connectivity index (χ4n) is 3.40. The molecule has 0 fully saturated rings. The van der Waals surface area contributed by atoms with Crippen molar-refractivity contribution in [2.24, 2.45) is 5.73 Å². The van der Waals surface area contributed by atoms with E-state index in [0.29, 0.717) is 19.0 Å². The van der Waals surface area contributed by atoms with Crippen LogP contribution in [0.4, 0.5) is 0 Å². The van der Waals surface area contributed by atoms with Crippen LogP contribution < -0.4 is 11.1 Å². The lowest BCUT2D eigenvalue weighted by molar-refractivity contribution is -0.134. The van der Waals surface area contributed by atoms with Gasteiger partial charge in [0.2, 0.25) is 11.8 Å². The van der Waals surface area contributed by atoms with Gasteiger partial charge in [0.05, 0.1) is 0 Å². The lowest BCUT2D eigenvalue weighted by Gasteiger charge is -2.27. The molecule has 1 aromatic carbocycles. The molecule has 2 heterocycles. The van der Waals surface area contributed by atoms with E-state index in [0.717, 1.165) is 18.5 Å². The summed E-state index contributed by atoms with van der Waals surface area (Å²) in [6, 6.07) is 10.0. The molecule has 1 aliphatic rings. The highest BCUT2D eigenvalue weighted by molar-refractivity contribution is 7.10. The summed E-state index contributed by atoms with van der Waals surface area (Å²) in [5, 5.41) is 4.93. The van der Waals surface area contributed by atoms with E-state index in [-0.39, 0.29) is 43.1 Å². The zero-order chi connectivity index (χ0) is 20.1. The Morgan fingerprint density at radius 1 is 1.14 bits per heavy atom. The van der Waals surface area contributed by atoms with E-state index < -0.39 is 0 Å². The van der Waals surface area contributed by atoms with Crippen LogP contribution >= 0.6 is 23.7 Å². The molecule has 0 aliphatic carbocycles. The Morgan fingerprint density at radius 3 is 2.52 bits per heavy atom. The van der Waals surface area contributed by atoms with Crippen LogP contribution in [0.3, 0.4) is 0 Å². The smallest absolute Gasteiger partial charge is 0.223 e. The zero-order valence-electron chi connectivity index (χ0n) is 17.0. The summed E-state index contributed by atoms with van der Waals surface area (Å²) < 4.78 is 0. The zero-order valence-corrected chi connectivity index (χ0v) is 18.7. The Hall–Kier alpha value is -1.89. The molecule has 1 aliphatic heterocycles. The standard InChI is InChI=1S/C22H29N3O2S.ClH/c1-15(2)16-3-5-17(6-4-16)19(23)13-24-21(26)7-8-22(27)25-11-9-20-18(14-25)10-12-28-20;/h3-6,10,12,15,19H,7-9,11,13-14,23H2,1-2H3,(H,24,26);1H. The quantitative estimate of drug-likeness (QED) is 0.694. The number of fused-ring (bicyclic) bond motifs is 1. The number of thiophene rings is 1. The van der Waals surface area contributed by atoms with Crippen molar-refractivity contribution in [3.05, 3.63) is 57.3 Å². The monoisotopic (exact) mass is 435 g/mol. The van der Waals surface area contributed by atoms with Crippen LogP contribution in [0.1, 0.15) is 60.2 Å². The first kappa shape index (κ1) is 23.4. The number of hydrogen-bond donors (Lipinski definition) is 2. The van der Waals surface area contributed by atoms with E-state index in [9.17, 15) is 9.59 Å². The van der Waals surface area contributed by atoms with Gasteiger partial charge in [-0.3, -0.25) is 9.59 Å². The average molecular weight is 436 g/mol. The lowest BCUT2D eigenvalue weighted by Crippen LogP contribution is -2.37. The summed E-state index contributed by atoms with van der Waals surface area (Å²) in [6.07, 6.45) is 1.35. The Kier molecular flexibility index (Phi) is 8.68. The fraction of sp³-hybridized carbons (Fsp3) is 0.455. The number of carbonyl (C=O) groups excluding carboxylic acids is 2. The number of benzene rings is 1. The highest BCUT2D eigenvalue weighted by Crippen LogP contribution is 2.24. The molecule has 0 radical (unpaired) electrons. The molecule has 3 N–H and O–H groups in total. The van der Waals surface area contributed by atoms with Crippen molar-refractivity contribution in [1.29, 1.82) is 0 Å². The fourth-order valence-corrected chi connectivity index (χ4v) is 4.29. The largest absolute Gasteiger partial charge is 0.354 e. The van der Waals surface area contributed by atoms with Crippen molar-refractivity contribution in [2.75, 3.05) is 13.1 Å². The number of hydrogen-bond acceptors (Lipinski definition) is 4. The lowest BCUT2D eigenvalue weighted by atomic mass is 9.99. The second kappa shape index (κ2) is 10.8. The van der Waals surface area contributed by atoms with Crippen LogP contribution in [-0.4, -0.2) is 29.8 Å². The number of nitrogens with zero attached hydrogens (tertiary/aromatic N) is 1. The minimum Gasteiger partial charge on any atom is -0.354 e. The number of carbonyl (C=O) groups is 2. The molecule has 0 bridgehead atoms. The van der Waals surface area contributed by atoms with Crippen molar-refractivity contribution >= 4 is 35.6 Å². The van der Waals surface area contributed by atoms with E-state index in [1.165, 1.54) is 16.0 Å². The maximum Gasteiger partial charge on any atom is 0.223 e. The molecule has 2 aromatic rings. The van der Waals surface area contributed by atoms with Gasteiger partial charge in [0.1, 0.15) is 0 Å². The normalized spacial score (nSPS) is 14.1. The minimum absolute atomic E-state index is 0. The topological polar surface area (TPSA) is 75.4 Å². The predicted molar refractivity (Wildman–Crippen MR) is 120 cm³/mol. The van der Waals surface area contributed by atoms with Gasteiger partial charge in [-0.2, -0.15) is 0 Å². The van der Waals surface area contributed by atoms with Gasteiger partial charge in [0.25, 0.3) is 0 Å². The molecule has 0 saturated heterocycles. The van der Waals surface area contributed by atoms with Crippen molar-refractivity contribution in [3.8, 4) is 0 Å². The summed E-state index contributed by atoms with van der Waals surface area (Å²) in [7, 11) is 0. The van der Waals surface area contributed by atoms with Crippen LogP contribution in [0, 0.1) is 0 Å². The molecule has 158 valence electrons. The molecule has 5 nitrogen and oxygen atoms in total. The third-order valence-electron chi connectivity index (χ3n) is 5.28. The first-order valence-electron chi connectivity index (χ1n) is 9.89. The van der Waals surface area contributed by atoms with Crippen molar-refractivity contribution in [2.45, 2.75) is 51.6 Å². The number of rotatable bonds is 7. The molecule has 2 amide bonds. The van der Waals surface area contributed by atoms with Crippen LogP contribution in [0.2, 0.25) is 0 Å². The van der Waals surface area contributed by atoms with E-state index in [1.807, 2.05) is 17.0 Å². The first-order chi connectivity index (χ1) is 13.4. The van der Waals surface area contributed by atoms with Crippen molar-refractivity contribution in [3.63, 3.8) is 0 Å². The number of nitrogens with two attached hydrogens (primary N) is 1. The summed E-state index contributed by atoms with van der Waals surface area (Å²) >= 11 is 1.75. The van der Waals surface area contributed by atoms with E-state index >= 15 is 0 Å². The maximum atomic E-state index is 12.4. The van der Waals surface area contributed by atoms with Gasteiger partial charge < -0.3 is 16.0 Å². The number of amides is 2. The second-order valence-electron chi connectivity index (χ2n) is 7.67. The molecule has 3 rings (SSSR count). The van der Waals surface area contributed by atoms with Gasteiger partial charge in [-0.05, 0) is 40.5 Å². The summed E-state index contributed by atoms with van der Waals surface area (Å²) in [6.45, 7) is 6.08. The Bertz CT molecular complexity index is 820. The highest BCUT2D eigenvalue weighted by Gasteiger charge is 2.21. The maximum absolute atomic E-state index is 12.4. The van der Waals surface area contributed by atoms with Gasteiger partial charge >= 0.3 is 0 Å². The summed E-state index contributed by atoms with van der Waals surface area (Å²) in [4.78, 5) is 27.8. The molecule has 1 unspecified atom stereocenters. The van der Waals surface area contributed by atoms with Crippen LogP contribution in [0.5, 0.6) is 0 Å². The van der Waals surface area contributed by atoms with Crippen molar-refractivity contribution < 1.29 is 9.59 Å². The van der Waals surface area contributed by atoms with Crippen molar-refractivity contribution in [1.82, 2.24) is 10.2 Å². The third kappa shape index (κ3) is 6.29. The SMILES string of the molecule is CC(C)c1ccc(C(N)CNC(=O)CCC(=O)N2CCc3sccc3C2)cc1.Cl. The number of nitrogens with one attached hydrogen (secondary N) is 1. The molecule has 7 heteroatoms. The first-order valence-corrected chi connectivity index (χ1v) is 10.8. The molecule has 1 aromatic heterocycles. The van der Waals surface area contributed by atoms with E-state index in [1.54, 1.807) is 11.3 Å². The highest BCUT2D eigenvalue weighted by atomic mass is 35.5. The average Bonchev–Trinajstić information content (AvgIpc) is 3.18. The van der Waals surface area contributed by atoms with E-state index in [2.05, 4.69) is 42.7 Å². The molecule has 29 heavy (non-hydrogen) atoms. The predicted octanol–water partition coefficient (Wildman–Crippen LogP) is 3.77. The van der Waals surface area contributed by atoms with Gasteiger partial charge in [0, 0.05) is 43.4 Å². The second-order valence-corrected chi connectivity index (χ2v) is 8.67. The van der Waals surface area contributed by atoms with Gasteiger partial charge in [-0.1, -0.05) is 38.1 Å². The van der Waals surface area contributed by atoms with Crippen LogP contribution in [0.25, 0.3) is 0 Å².